The maximum Gasteiger partial charge on any atom is 0.312 e. The number of unbranched alkanes of at least 4 members (excludes halogenated alkanes) is 1. The van der Waals surface area contributed by atoms with Crippen molar-refractivity contribution in [2.24, 2.45) is 5.73 Å². The first-order valence-electron chi connectivity index (χ1n) is 9.92. The molecule has 10 nitrogen and oxygen atoms in total. The summed E-state index contributed by atoms with van der Waals surface area (Å²) in [6.07, 6.45) is 1.92. The highest BCUT2D eigenvalue weighted by molar-refractivity contribution is 7.92. The zero-order valence-corrected chi connectivity index (χ0v) is 19.0. The maximum absolute atomic E-state index is 13.0. The molecule has 0 fully saturated rings. The summed E-state index contributed by atoms with van der Waals surface area (Å²) in [5.74, 6) is 0.174. The summed E-state index contributed by atoms with van der Waals surface area (Å²) < 4.78 is 38.7. The van der Waals surface area contributed by atoms with E-state index in [0.29, 0.717) is 24.3 Å². The van der Waals surface area contributed by atoms with Crippen LogP contribution in [0, 0.1) is 0 Å². The van der Waals surface area contributed by atoms with Gasteiger partial charge in [-0.1, -0.05) is 19.8 Å². The lowest BCUT2D eigenvalue weighted by atomic mass is 10.1. The third-order valence-corrected chi connectivity index (χ3v) is 5.94. The first-order chi connectivity index (χ1) is 15.2. The number of urea groups is 1. The Morgan fingerprint density at radius 1 is 1.03 bits per heavy atom. The molecular formula is C21H28N4O6S. The van der Waals surface area contributed by atoms with Gasteiger partial charge in [-0.15, -0.1) is 0 Å². The fourth-order valence-corrected chi connectivity index (χ4v) is 4.17. The van der Waals surface area contributed by atoms with Crippen molar-refractivity contribution >= 4 is 33.3 Å². The molecule has 0 spiro atoms. The van der Waals surface area contributed by atoms with Gasteiger partial charge in [0.25, 0.3) is 10.0 Å². The number of nitrogens with two attached hydrogens (primary N) is 1. The molecule has 0 aliphatic heterocycles. The van der Waals surface area contributed by atoms with Gasteiger partial charge < -0.3 is 25.8 Å². The van der Waals surface area contributed by atoms with Crippen molar-refractivity contribution < 1.29 is 27.5 Å². The highest BCUT2D eigenvalue weighted by Crippen LogP contribution is 2.29. The zero-order valence-electron chi connectivity index (χ0n) is 18.2. The smallest absolute Gasteiger partial charge is 0.312 e. The number of primary amides is 1. The number of carbonyl (C=O) groups excluding carboxylic acids is 2. The van der Waals surface area contributed by atoms with Crippen LogP contribution in [0.2, 0.25) is 0 Å². The van der Waals surface area contributed by atoms with Crippen LogP contribution < -0.4 is 30.6 Å². The van der Waals surface area contributed by atoms with Crippen molar-refractivity contribution in [2.75, 3.05) is 24.3 Å². The average Bonchev–Trinajstić information content (AvgIpc) is 2.76. The van der Waals surface area contributed by atoms with E-state index in [-0.39, 0.29) is 16.3 Å². The number of hydrogen-bond donors (Lipinski definition) is 4. The average molecular weight is 465 g/mol. The lowest BCUT2D eigenvalue weighted by molar-refractivity contribution is -0.118. The van der Waals surface area contributed by atoms with Gasteiger partial charge in [0.15, 0.2) is 0 Å². The van der Waals surface area contributed by atoms with Crippen LogP contribution in [0.25, 0.3) is 0 Å². The SMILES string of the molecule is CCCCC(NC(N)=O)C(=O)Nc1ccc(OC)c(S(=O)(=O)Nc2ccc(OC)cc2)c1. The van der Waals surface area contributed by atoms with E-state index in [1.807, 2.05) is 6.92 Å². The number of rotatable bonds is 11. The van der Waals surface area contributed by atoms with Gasteiger partial charge in [-0.2, -0.15) is 0 Å². The Balaban J connectivity index is 2.28. The van der Waals surface area contributed by atoms with Gasteiger partial charge >= 0.3 is 6.03 Å². The second-order valence-electron chi connectivity index (χ2n) is 6.89. The number of methoxy groups -OCH3 is 2. The topological polar surface area (TPSA) is 149 Å². The van der Waals surface area contributed by atoms with Crippen molar-refractivity contribution in [1.82, 2.24) is 5.32 Å². The van der Waals surface area contributed by atoms with Crippen molar-refractivity contribution in [1.29, 1.82) is 0 Å². The van der Waals surface area contributed by atoms with Gasteiger partial charge in [0, 0.05) is 11.4 Å². The number of nitrogens with one attached hydrogen (secondary N) is 3. The van der Waals surface area contributed by atoms with E-state index in [9.17, 15) is 18.0 Å². The summed E-state index contributed by atoms with van der Waals surface area (Å²) in [5, 5.41) is 5.03. The van der Waals surface area contributed by atoms with Gasteiger partial charge in [-0.05, 0) is 48.9 Å². The fraction of sp³-hybridized carbons (Fsp3) is 0.333. The quantitative estimate of drug-likeness (QED) is 0.402. The monoisotopic (exact) mass is 464 g/mol. The zero-order chi connectivity index (χ0) is 23.7. The van der Waals surface area contributed by atoms with E-state index in [4.69, 9.17) is 15.2 Å². The van der Waals surface area contributed by atoms with Crippen molar-refractivity contribution in [3.8, 4) is 11.5 Å². The number of anilines is 2. The summed E-state index contributed by atoms with van der Waals surface area (Å²) in [7, 11) is -1.19. The molecule has 174 valence electrons. The molecule has 5 N–H and O–H groups in total. The number of ether oxygens (including phenoxy) is 2. The lowest BCUT2D eigenvalue weighted by Gasteiger charge is -2.18. The Labute approximate surface area is 187 Å². The molecule has 0 heterocycles. The first kappa shape index (κ1) is 24.8. The summed E-state index contributed by atoms with van der Waals surface area (Å²) in [6.45, 7) is 1.95. The third kappa shape index (κ3) is 6.77. The molecule has 11 heteroatoms. The molecule has 0 saturated carbocycles. The van der Waals surface area contributed by atoms with Crippen LogP contribution in [-0.2, 0) is 14.8 Å². The Kier molecular flexibility index (Phi) is 8.71. The number of carbonyl (C=O) groups is 2. The van der Waals surface area contributed by atoms with E-state index in [1.54, 1.807) is 24.3 Å². The molecular weight excluding hydrogens is 436 g/mol. The Bertz CT molecular complexity index is 1040. The molecule has 0 saturated heterocycles. The van der Waals surface area contributed by atoms with Gasteiger partial charge in [0.2, 0.25) is 5.91 Å². The summed E-state index contributed by atoms with van der Waals surface area (Å²) in [5.41, 5.74) is 5.71. The standard InChI is InChI=1S/C21H28N4O6S/c1-4-5-6-17(24-21(22)27)20(26)23-15-9-12-18(31-3)19(13-15)32(28,29)25-14-7-10-16(30-2)11-8-14/h7-13,17,25H,4-6H2,1-3H3,(H,23,26)(H3,22,24,27). The summed E-state index contributed by atoms with van der Waals surface area (Å²) >= 11 is 0. The lowest BCUT2D eigenvalue weighted by Crippen LogP contribution is -2.46. The van der Waals surface area contributed by atoms with Crippen LogP contribution in [0.5, 0.6) is 11.5 Å². The molecule has 0 radical (unpaired) electrons. The Hall–Kier alpha value is -3.47. The first-order valence-corrected chi connectivity index (χ1v) is 11.4. The number of hydrogen-bond acceptors (Lipinski definition) is 6. The molecule has 3 amide bonds. The molecule has 1 atom stereocenters. The highest BCUT2D eigenvalue weighted by Gasteiger charge is 2.23. The van der Waals surface area contributed by atoms with Crippen molar-refractivity contribution in [3.63, 3.8) is 0 Å². The second-order valence-corrected chi connectivity index (χ2v) is 8.54. The Morgan fingerprint density at radius 2 is 1.69 bits per heavy atom. The van der Waals surface area contributed by atoms with Crippen LogP contribution in [-0.4, -0.2) is 40.6 Å². The van der Waals surface area contributed by atoms with Crippen LogP contribution in [0.4, 0.5) is 16.2 Å². The van der Waals surface area contributed by atoms with Crippen molar-refractivity contribution in [3.05, 3.63) is 42.5 Å². The second kappa shape index (κ2) is 11.2. The molecule has 0 aliphatic rings. The molecule has 0 aliphatic carbocycles. The van der Waals surface area contributed by atoms with E-state index in [1.165, 1.54) is 32.4 Å². The van der Waals surface area contributed by atoms with E-state index >= 15 is 0 Å². The van der Waals surface area contributed by atoms with E-state index < -0.39 is 28.0 Å². The number of sulfonamides is 1. The van der Waals surface area contributed by atoms with Crippen LogP contribution in [0.1, 0.15) is 26.2 Å². The molecule has 1 unspecified atom stereocenters. The Morgan fingerprint density at radius 3 is 2.25 bits per heavy atom. The molecule has 2 aromatic rings. The minimum absolute atomic E-state index is 0.0989. The molecule has 0 aromatic heterocycles. The van der Waals surface area contributed by atoms with E-state index in [2.05, 4.69) is 15.4 Å². The van der Waals surface area contributed by atoms with E-state index in [0.717, 1.165) is 6.42 Å². The van der Waals surface area contributed by atoms with Gasteiger partial charge in [0.05, 0.1) is 14.2 Å². The van der Waals surface area contributed by atoms with Crippen LogP contribution >= 0.6 is 0 Å². The maximum atomic E-state index is 13.0. The number of benzene rings is 2. The fourth-order valence-electron chi connectivity index (χ4n) is 2.91. The largest absolute Gasteiger partial charge is 0.497 e. The number of amides is 3. The van der Waals surface area contributed by atoms with Crippen LogP contribution in [0.15, 0.2) is 47.4 Å². The highest BCUT2D eigenvalue weighted by atomic mass is 32.2. The van der Waals surface area contributed by atoms with Crippen molar-refractivity contribution in [2.45, 2.75) is 37.1 Å². The predicted molar refractivity (Wildman–Crippen MR) is 121 cm³/mol. The minimum Gasteiger partial charge on any atom is -0.497 e. The van der Waals surface area contributed by atoms with Crippen LogP contribution in [0.3, 0.4) is 0 Å². The predicted octanol–water partition coefficient (Wildman–Crippen LogP) is 2.67. The normalized spacial score (nSPS) is 11.8. The minimum atomic E-state index is -4.04. The molecule has 2 aromatic carbocycles. The van der Waals surface area contributed by atoms with Gasteiger partial charge in [-0.25, -0.2) is 13.2 Å². The van der Waals surface area contributed by atoms with Gasteiger partial charge in [0.1, 0.15) is 22.4 Å². The van der Waals surface area contributed by atoms with Gasteiger partial charge in [-0.3, -0.25) is 9.52 Å². The molecule has 2 rings (SSSR count). The molecule has 32 heavy (non-hydrogen) atoms. The third-order valence-electron chi connectivity index (χ3n) is 4.54. The summed E-state index contributed by atoms with van der Waals surface area (Å²) in [6, 6.07) is 8.91. The summed E-state index contributed by atoms with van der Waals surface area (Å²) in [4.78, 5) is 23.7. The molecule has 0 bridgehead atoms.